The Labute approximate surface area is 114 Å². The van der Waals surface area contributed by atoms with Crippen LogP contribution in [-0.4, -0.2) is 21.1 Å². The molecule has 3 N–H and O–H groups in total. The Bertz CT molecular complexity index is 441. The van der Waals surface area contributed by atoms with Gasteiger partial charge in [-0.05, 0) is 30.9 Å². The quantitative estimate of drug-likeness (QED) is 0.304. The fraction of sp³-hybridized carbons (Fsp3) is 0.533. The van der Waals surface area contributed by atoms with Crippen LogP contribution in [0, 0.1) is 0 Å². The molecule has 0 amide bonds. The zero-order valence-corrected chi connectivity index (χ0v) is 11.7. The van der Waals surface area contributed by atoms with Gasteiger partial charge in [0.2, 0.25) is 0 Å². The standard InChI is InChI=1S/C15H23NO3/c1-3-5-6-7-8-11-9-12(13(4-2)16-19)15(18)10-14(11)17/h9-10,17-19H,3-8H2,1-2H3. The minimum absolute atomic E-state index is 0.0514. The largest absolute Gasteiger partial charge is 0.508 e. The maximum atomic E-state index is 9.84. The van der Waals surface area contributed by atoms with E-state index in [1.807, 2.05) is 6.92 Å². The molecule has 0 spiro atoms. The first-order valence-corrected chi connectivity index (χ1v) is 6.90. The van der Waals surface area contributed by atoms with E-state index in [9.17, 15) is 10.2 Å². The Morgan fingerprint density at radius 1 is 1.05 bits per heavy atom. The molecule has 0 atom stereocenters. The smallest absolute Gasteiger partial charge is 0.128 e. The fourth-order valence-corrected chi connectivity index (χ4v) is 2.11. The maximum absolute atomic E-state index is 9.84. The zero-order valence-electron chi connectivity index (χ0n) is 11.7. The molecule has 1 aromatic carbocycles. The number of phenols is 2. The minimum Gasteiger partial charge on any atom is -0.508 e. The van der Waals surface area contributed by atoms with Crippen molar-refractivity contribution in [3.63, 3.8) is 0 Å². The van der Waals surface area contributed by atoms with Crippen molar-refractivity contribution in [1.82, 2.24) is 0 Å². The SMILES string of the molecule is CCCCCCc1cc(C(CC)=NO)c(O)cc1O. The van der Waals surface area contributed by atoms with E-state index in [1.165, 1.54) is 18.9 Å². The fourth-order valence-electron chi connectivity index (χ4n) is 2.11. The van der Waals surface area contributed by atoms with Crippen LogP contribution in [0.3, 0.4) is 0 Å². The van der Waals surface area contributed by atoms with Gasteiger partial charge in [-0.1, -0.05) is 38.3 Å². The molecule has 0 aromatic heterocycles. The van der Waals surface area contributed by atoms with Gasteiger partial charge in [0.05, 0.1) is 5.71 Å². The summed E-state index contributed by atoms with van der Waals surface area (Å²) in [5, 5.41) is 31.8. The number of aromatic hydroxyl groups is 2. The minimum atomic E-state index is -0.0514. The molecular weight excluding hydrogens is 242 g/mol. The Hall–Kier alpha value is -1.71. The third-order valence-electron chi connectivity index (χ3n) is 3.26. The molecule has 4 nitrogen and oxygen atoms in total. The highest BCUT2D eigenvalue weighted by Crippen LogP contribution is 2.29. The average molecular weight is 265 g/mol. The predicted molar refractivity (Wildman–Crippen MR) is 76.2 cm³/mol. The number of benzene rings is 1. The maximum Gasteiger partial charge on any atom is 0.128 e. The van der Waals surface area contributed by atoms with Crippen LogP contribution in [-0.2, 0) is 6.42 Å². The lowest BCUT2D eigenvalue weighted by Crippen LogP contribution is -2.01. The van der Waals surface area contributed by atoms with E-state index in [4.69, 9.17) is 5.21 Å². The number of hydrogen-bond donors (Lipinski definition) is 3. The third kappa shape index (κ3) is 4.16. The van der Waals surface area contributed by atoms with Crippen molar-refractivity contribution in [3.8, 4) is 11.5 Å². The van der Waals surface area contributed by atoms with Crippen LogP contribution < -0.4 is 0 Å². The van der Waals surface area contributed by atoms with E-state index in [0.717, 1.165) is 24.8 Å². The number of unbranched alkanes of at least 4 members (excludes halogenated alkanes) is 3. The number of rotatable bonds is 7. The lowest BCUT2D eigenvalue weighted by atomic mass is 9.99. The Morgan fingerprint density at radius 2 is 1.79 bits per heavy atom. The van der Waals surface area contributed by atoms with Gasteiger partial charge in [0.25, 0.3) is 0 Å². The van der Waals surface area contributed by atoms with Gasteiger partial charge in [0.1, 0.15) is 11.5 Å². The first-order chi connectivity index (χ1) is 9.13. The van der Waals surface area contributed by atoms with Gasteiger partial charge >= 0.3 is 0 Å². The Balaban J connectivity index is 2.90. The second-order valence-corrected chi connectivity index (χ2v) is 4.71. The van der Waals surface area contributed by atoms with Crippen LogP contribution in [0.15, 0.2) is 17.3 Å². The Kier molecular flexibility index (Phi) is 6.19. The zero-order chi connectivity index (χ0) is 14.3. The molecular formula is C15H23NO3. The van der Waals surface area contributed by atoms with Crippen molar-refractivity contribution in [3.05, 3.63) is 23.3 Å². The van der Waals surface area contributed by atoms with E-state index in [2.05, 4.69) is 12.1 Å². The van der Waals surface area contributed by atoms with Crippen molar-refractivity contribution in [2.75, 3.05) is 0 Å². The molecule has 0 aliphatic heterocycles. The van der Waals surface area contributed by atoms with Gasteiger partial charge in [-0.3, -0.25) is 0 Å². The van der Waals surface area contributed by atoms with Crippen LogP contribution in [0.5, 0.6) is 11.5 Å². The van der Waals surface area contributed by atoms with Crippen molar-refractivity contribution in [1.29, 1.82) is 0 Å². The highest BCUT2D eigenvalue weighted by molar-refractivity contribution is 6.02. The number of oxime groups is 1. The van der Waals surface area contributed by atoms with E-state index in [0.29, 0.717) is 17.7 Å². The second-order valence-electron chi connectivity index (χ2n) is 4.71. The van der Waals surface area contributed by atoms with Gasteiger partial charge in [-0.15, -0.1) is 0 Å². The van der Waals surface area contributed by atoms with Gasteiger partial charge in [-0.2, -0.15) is 0 Å². The van der Waals surface area contributed by atoms with E-state index >= 15 is 0 Å². The molecule has 0 aliphatic carbocycles. The molecule has 0 bridgehead atoms. The van der Waals surface area contributed by atoms with Crippen molar-refractivity contribution in [2.45, 2.75) is 52.4 Å². The summed E-state index contributed by atoms with van der Waals surface area (Å²) in [5.74, 6) is 0.0515. The highest BCUT2D eigenvalue weighted by atomic mass is 16.4. The number of phenolic OH excluding ortho intramolecular Hbond substituents is 2. The lowest BCUT2D eigenvalue weighted by Gasteiger charge is -2.10. The summed E-state index contributed by atoms with van der Waals surface area (Å²) in [4.78, 5) is 0. The number of aryl methyl sites for hydroxylation is 1. The topological polar surface area (TPSA) is 73.1 Å². The van der Waals surface area contributed by atoms with Crippen LogP contribution in [0.4, 0.5) is 0 Å². The summed E-state index contributed by atoms with van der Waals surface area (Å²) in [6, 6.07) is 3.04. The molecule has 0 saturated carbocycles. The first-order valence-electron chi connectivity index (χ1n) is 6.90. The monoisotopic (exact) mass is 265 g/mol. The summed E-state index contributed by atoms with van der Waals surface area (Å²) in [6.07, 6.45) is 5.77. The normalized spacial score (nSPS) is 11.8. The molecule has 0 aliphatic rings. The number of nitrogens with zero attached hydrogens (tertiary/aromatic N) is 1. The van der Waals surface area contributed by atoms with Crippen LogP contribution in [0.25, 0.3) is 0 Å². The molecule has 1 rings (SSSR count). The highest BCUT2D eigenvalue weighted by Gasteiger charge is 2.12. The number of hydrogen-bond acceptors (Lipinski definition) is 4. The molecule has 0 saturated heterocycles. The average Bonchev–Trinajstić information content (AvgIpc) is 2.40. The van der Waals surface area contributed by atoms with Crippen molar-refractivity contribution < 1.29 is 15.4 Å². The van der Waals surface area contributed by atoms with Crippen molar-refractivity contribution in [2.24, 2.45) is 5.16 Å². The lowest BCUT2D eigenvalue weighted by molar-refractivity contribution is 0.318. The first kappa shape index (κ1) is 15.3. The van der Waals surface area contributed by atoms with Crippen LogP contribution in [0.1, 0.15) is 57.1 Å². The molecule has 19 heavy (non-hydrogen) atoms. The van der Waals surface area contributed by atoms with Crippen LogP contribution in [0.2, 0.25) is 0 Å². The third-order valence-corrected chi connectivity index (χ3v) is 3.26. The Morgan fingerprint density at radius 3 is 2.37 bits per heavy atom. The molecule has 0 heterocycles. The second kappa shape index (κ2) is 7.67. The molecule has 1 aromatic rings. The molecule has 4 heteroatoms. The molecule has 0 radical (unpaired) electrons. The van der Waals surface area contributed by atoms with E-state index < -0.39 is 0 Å². The summed E-state index contributed by atoms with van der Waals surface area (Å²) in [6.45, 7) is 4.00. The van der Waals surface area contributed by atoms with Gasteiger partial charge < -0.3 is 15.4 Å². The molecule has 106 valence electrons. The summed E-state index contributed by atoms with van der Waals surface area (Å²) >= 11 is 0. The van der Waals surface area contributed by atoms with Crippen LogP contribution >= 0.6 is 0 Å². The summed E-state index contributed by atoms with van der Waals surface area (Å²) in [7, 11) is 0. The van der Waals surface area contributed by atoms with E-state index in [1.54, 1.807) is 6.07 Å². The summed E-state index contributed by atoms with van der Waals surface area (Å²) in [5.41, 5.74) is 1.71. The van der Waals surface area contributed by atoms with Gasteiger partial charge in [-0.25, -0.2) is 0 Å². The molecule has 0 fully saturated rings. The predicted octanol–water partition coefficient (Wildman–Crippen LogP) is 3.81. The van der Waals surface area contributed by atoms with E-state index in [-0.39, 0.29) is 11.5 Å². The van der Waals surface area contributed by atoms with Crippen molar-refractivity contribution >= 4 is 5.71 Å². The van der Waals surface area contributed by atoms with Gasteiger partial charge in [0.15, 0.2) is 0 Å². The van der Waals surface area contributed by atoms with Gasteiger partial charge in [0, 0.05) is 11.6 Å². The summed E-state index contributed by atoms with van der Waals surface area (Å²) < 4.78 is 0. The molecule has 0 unspecified atom stereocenters.